The summed E-state index contributed by atoms with van der Waals surface area (Å²) in [5.74, 6) is 0. The van der Waals surface area contributed by atoms with E-state index < -0.39 is 0 Å². The van der Waals surface area contributed by atoms with Crippen LogP contribution >= 0.6 is 0 Å². The van der Waals surface area contributed by atoms with Gasteiger partial charge in [0.05, 0.1) is 6.10 Å². The first-order valence-corrected chi connectivity index (χ1v) is 5.75. The van der Waals surface area contributed by atoms with Gasteiger partial charge >= 0.3 is 0 Å². The molecule has 0 saturated carbocycles. The van der Waals surface area contributed by atoms with Crippen LogP contribution < -0.4 is 4.90 Å². The van der Waals surface area contributed by atoms with E-state index in [9.17, 15) is 5.11 Å². The van der Waals surface area contributed by atoms with Gasteiger partial charge in [0.1, 0.15) is 0 Å². The lowest BCUT2D eigenvalue weighted by Gasteiger charge is -2.19. The standard InChI is InChI=1S/C14H21NO/c1-4-5-6-11-15(3)14-9-7-13(8-10-14)12(2)16/h4,7-10,12,16H,1,5-6,11H2,2-3H3. The van der Waals surface area contributed by atoms with E-state index >= 15 is 0 Å². The molecule has 1 rings (SSSR count). The van der Waals surface area contributed by atoms with Crippen LogP contribution in [0.4, 0.5) is 5.69 Å². The fourth-order valence-corrected chi connectivity index (χ4v) is 1.61. The first kappa shape index (κ1) is 12.8. The SMILES string of the molecule is C=CCCCN(C)c1ccc(C(C)O)cc1. The highest BCUT2D eigenvalue weighted by Crippen LogP contribution is 2.18. The van der Waals surface area contributed by atoms with Crippen molar-refractivity contribution in [3.05, 3.63) is 42.5 Å². The molecule has 0 amide bonds. The second-order valence-corrected chi connectivity index (χ2v) is 4.12. The van der Waals surface area contributed by atoms with E-state index in [2.05, 4.69) is 30.7 Å². The lowest BCUT2D eigenvalue weighted by atomic mass is 10.1. The molecule has 0 aliphatic carbocycles. The number of hydrogen-bond donors (Lipinski definition) is 1. The molecule has 1 N–H and O–H groups in total. The highest BCUT2D eigenvalue weighted by molar-refractivity contribution is 5.47. The maximum atomic E-state index is 9.40. The number of hydrogen-bond acceptors (Lipinski definition) is 2. The summed E-state index contributed by atoms with van der Waals surface area (Å²) in [7, 11) is 2.08. The maximum absolute atomic E-state index is 9.40. The Labute approximate surface area is 98.2 Å². The maximum Gasteiger partial charge on any atom is 0.0761 e. The summed E-state index contributed by atoms with van der Waals surface area (Å²) in [4.78, 5) is 2.22. The number of rotatable bonds is 6. The van der Waals surface area contributed by atoms with Gasteiger partial charge in [-0.15, -0.1) is 6.58 Å². The van der Waals surface area contributed by atoms with Crippen LogP contribution in [0.2, 0.25) is 0 Å². The molecule has 0 spiro atoms. The highest BCUT2D eigenvalue weighted by atomic mass is 16.3. The number of anilines is 1. The third-order valence-corrected chi connectivity index (χ3v) is 2.72. The summed E-state index contributed by atoms with van der Waals surface area (Å²) in [6.45, 7) is 6.52. The minimum absolute atomic E-state index is 0.389. The molecule has 0 aromatic heterocycles. The van der Waals surface area contributed by atoms with Crippen molar-refractivity contribution in [2.24, 2.45) is 0 Å². The van der Waals surface area contributed by atoms with Gasteiger partial charge in [-0.3, -0.25) is 0 Å². The van der Waals surface area contributed by atoms with E-state index in [1.165, 1.54) is 5.69 Å². The second-order valence-electron chi connectivity index (χ2n) is 4.12. The molecule has 1 aromatic carbocycles. The summed E-state index contributed by atoms with van der Waals surface area (Å²) in [6, 6.07) is 8.06. The minimum Gasteiger partial charge on any atom is -0.389 e. The molecule has 0 heterocycles. The molecule has 88 valence electrons. The van der Waals surface area contributed by atoms with Gasteiger partial charge in [-0.05, 0) is 37.5 Å². The smallest absolute Gasteiger partial charge is 0.0761 e. The molecule has 1 unspecified atom stereocenters. The molecule has 0 saturated heterocycles. The zero-order chi connectivity index (χ0) is 12.0. The van der Waals surface area contributed by atoms with Gasteiger partial charge in [-0.25, -0.2) is 0 Å². The van der Waals surface area contributed by atoms with Crippen molar-refractivity contribution >= 4 is 5.69 Å². The van der Waals surface area contributed by atoms with Gasteiger partial charge in [-0.1, -0.05) is 18.2 Å². The summed E-state index contributed by atoms with van der Waals surface area (Å²) in [6.07, 6.45) is 3.73. The predicted molar refractivity (Wildman–Crippen MR) is 69.8 cm³/mol. The molecule has 0 radical (unpaired) electrons. The molecule has 0 aliphatic heterocycles. The number of unbranched alkanes of at least 4 members (excludes halogenated alkanes) is 1. The zero-order valence-electron chi connectivity index (χ0n) is 10.2. The Bertz CT molecular complexity index is 316. The topological polar surface area (TPSA) is 23.5 Å². The average Bonchev–Trinajstić information content (AvgIpc) is 2.29. The molecular weight excluding hydrogens is 198 g/mol. The number of aliphatic hydroxyl groups excluding tert-OH is 1. The van der Waals surface area contributed by atoms with Crippen molar-refractivity contribution in [2.45, 2.75) is 25.9 Å². The van der Waals surface area contributed by atoms with Crippen molar-refractivity contribution < 1.29 is 5.11 Å². The van der Waals surface area contributed by atoms with Crippen molar-refractivity contribution in [1.29, 1.82) is 0 Å². The third-order valence-electron chi connectivity index (χ3n) is 2.72. The summed E-state index contributed by atoms with van der Waals surface area (Å²) < 4.78 is 0. The number of allylic oxidation sites excluding steroid dienone is 1. The summed E-state index contributed by atoms with van der Waals surface area (Å²) in [5.41, 5.74) is 2.15. The summed E-state index contributed by atoms with van der Waals surface area (Å²) in [5, 5.41) is 9.40. The third kappa shape index (κ3) is 3.70. The van der Waals surface area contributed by atoms with Crippen LogP contribution in [0.1, 0.15) is 31.4 Å². The first-order chi connectivity index (χ1) is 7.65. The molecular formula is C14H21NO. The first-order valence-electron chi connectivity index (χ1n) is 5.75. The van der Waals surface area contributed by atoms with Crippen LogP contribution in [0, 0.1) is 0 Å². The van der Waals surface area contributed by atoms with E-state index in [0.717, 1.165) is 24.9 Å². The molecule has 0 fully saturated rings. The minimum atomic E-state index is -0.389. The highest BCUT2D eigenvalue weighted by Gasteiger charge is 2.02. The Kier molecular flexibility index (Phi) is 5.06. The Morgan fingerprint density at radius 3 is 2.50 bits per heavy atom. The number of benzene rings is 1. The monoisotopic (exact) mass is 219 g/mol. The van der Waals surface area contributed by atoms with Gasteiger partial charge in [0.15, 0.2) is 0 Å². The Balaban J connectivity index is 2.55. The van der Waals surface area contributed by atoms with Crippen LogP contribution in [0.25, 0.3) is 0 Å². The molecule has 2 heteroatoms. The Morgan fingerprint density at radius 2 is 2.00 bits per heavy atom. The normalized spacial score (nSPS) is 12.2. The van der Waals surface area contributed by atoms with Gasteiger partial charge in [0.2, 0.25) is 0 Å². The van der Waals surface area contributed by atoms with Crippen LogP contribution in [0.3, 0.4) is 0 Å². The fraction of sp³-hybridized carbons (Fsp3) is 0.429. The lowest BCUT2D eigenvalue weighted by molar-refractivity contribution is 0.199. The Hall–Kier alpha value is -1.28. The van der Waals surface area contributed by atoms with Crippen LogP contribution in [-0.2, 0) is 0 Å². The molecule has 0 bridgehead atoms. The van der Waals surface area contributed by atoms with Crippen molar-refractivity contribution in [3.8, 4) is 0 Å². The molecule has 2 nitrogen and oxygen atoms in total. The molecule has 0 aliphatic rings. The van der Waals surface area contributed by atoms with Crippen molar-refractivity contribution in [2.75, 3.05) is 18.5 Å². The predicted octanol–water partition coefficient (Wildman–Crippen LogP) is 3.14. The Morgan fingerprint density at radius 1 is 1.38 bits per heavy atom. The molecule has 1 aromatic rings. The number of nitrogens with zero attached hydrogens (tertiary/aromatic N) is 1. The van der Waals surface area contributed by atoms with Gasteiger partial charge in [0, 0.05) is 19.3 Å². The number of aliphatic hydroxyl groups is 1. The van der Waals surface area contributed by atoms with Crippen molar-refractivity contribution in [3.63, 3.8) is 0 Å². The van der Waals surface area contributed by atoms with Crippen LogP contribution in [0.15, 0.2) is 36.9 Å². The van der Waals surface area contributed by atoms with Crippen molar-refractivity contribution in [1.82, 2.24) is 0 Å². The van der Waals surface area contributed by atoms with E-state index in [1.807, 2.05) is 18.2 Å². The molecule has 1 atom stereocenters. The zero-order valence-corrected chi connectivity index (χ0v) is 10.2. The van der Waals surface area contributed by atoms with Crippen LogP contribution in [-0.4, -0.2) is 18.7 Å². The fourth-order valence-electron chi connectivity index (χ4n) is 1.61. The summed E-state index contributed by atoms with van der Waals surface area (Å²) >= 11 is 0. The van der Waals surface area contributed by atoms with E-state index in [4.69, 9.17) is 0 Å². The second kappa shape index (κ2) is 6.33. The lowest BCUT2D eigenvalue weighted by Crippen LogP contribution is -2.18. The van der Waals surface area contributed by atoms with Gasteiger partial charge < -0.3 is 10.0 Å². The average molecular weight is 219 g/mol. The quantitative estimate of drug-likeness (QED) is 0.587. The van der Waals surface area contributed by atoms with Gasteiger partial charge in [-0.2, -0.15) is 0 Å². The molecule has 16 heavy (non-hydrogen) atoms. The van der Waals surface area contributed by atoms with Gasteiger partial charge in [0.25, 0.3) is 0 Å². The largest absolute Gasteiger partial charge is 0.389 e. The van der Waals surface area contributed by atoms with E-state index in [-0.39, 0.29) is 6.10 Å². The van der Waals surface area contributed by atoms with E-state index in [0.29, 0.717) is 0 Å². The van der Waals surface area contributed by atoms with Crippen LogP contribution in [0.5, 0.6) is 0 Å². The van der Waals surface area contributed by atoms with E-state index in [1.54, 1.807) is 6.92 Å².